The van der Waals surface area contributed by atoms with Crippen LogP contribution >= 0.6 is 0 Å². The second-order valence-electron chi connectivity index (χ2n) is 4.59. The largest absolute Gasteiger partial charge is 0.385 e. The van der Waals surface area contributed by atoms with Crippen LogP contribution in [0.25, 0.3) is 0 Å². The molecule has 1 N–H and O–H groups in total. The molecule has 1 aliphatic rings. The summed E-state index contributed by atoms with van der Waals surface area (Å²) in [6.07, 6.45) is 7.00. The van der Waals surface area contributed by atoms with Gasteiger partial charge < -0.3 is 9.72 Å². The van der Waals surface area contributed by atoms with Gasteiger partial charge in [-0.1, -0.05) is 6.42 Å². The van der Waals surface area contributed by atoms with Gasteiger partial charge in [0.25, 0.3) is 5.56 Å². The van der Waals surface area contributed by atoms with E-state index in [9.17, 15) is 4.79 Å². The number of H-pyrrole nitrogens is 1. The Morgan fingerprint density at radius 3 is 2.94 bits per heavy atom. The van der Waals surface area contributed by atoms with Gasteiger partial charge in [-0.3, -0.25) is 4.79 Å². The quantitative estimate of drug-likeness (QED) is 0.638. The van der Waals surface area contributed by atoms with Crippen molar-refractivity contribution >= 4 is 0 Å². The summed E-state index contributed by atoms with van der Waals surface area (Å²) >= 11 is 0. The average Bonchev–Trinajstić information content (AvgIpc) is 2.55. The van der Waals surface area contributed by atoms with Crippen molar-refractivity contribution in [2.24, 2.45) is 0 Å². The zero-order valence-corrected chi connectivity index (χ0v) is 10.4. The van der Waals surface area contributed by atoms with Gasteiger partial charge in [0.05, 0.1) is 5.69 Å². The molecule has 4 heteroatoms. The lowest BCUT2D eigenvalue weighted by molar-refractivity contribution is 0.194. The second kappa shape index (κ2) is 5.96. The SMILES string of the molecule is COCCCc1nc2c(c(=O)[nH]1)CCCCC2. The van der Waals surface area contributed by atoms with Crippen molar-refractivity contribution < 1.29 is 4.74 Å². The molecule has 0 saturated heterocycles. The van der Waals surface area contributed by atoms with Crippen LogP contribution in [0, 0.1) is 0 Å². The van der Waals surface area contributed by atoms with E-state index in [1.165, 1.54) is 6.42 Å². The first kappa shape index (κ1) is 12.3. The Kier molecular flexibility index (Phi) is 4.31. The van der Waals surface area contributed by atoms with E-state index in [1.54, 1.807) is 7.11 Å². The van der Waals surface area contributed by atoms with E-state index in [1.807, 2.05) is 0 Å². The lowest BCUT2D eigenvalue weighted by atomic mass is 10.1. The number of hydrogen-bond donors (Lipinski definition) is 1. The molecule has 1 heterocycles. The third-order valence-electron chi connectivity index (χ3n) is 3.25. The maximum atomic E-state index is 11.9. The average molecular weight is 236 g/mol. The van der Waals surface area contributed by atoms with E-state index in [0.717, 1.165) is 55.6 Å². The summed E-state index contributed by atoms with van der Waals surface area (Å²) in [5.41, 5.74) is 2.01. The zero-order valence-electron chi connectivity index (χ0n) is 10.4. The van der Waals surface area contributed by atoms with Crippen molar-refractivity contribution in [3.8, 4) is 0 Å². The van der Waals surface area contributed by atoms with E-state index in [0.29, 0.717) is 6.61 Å². The van der Waals surface area contributed by atoms with Gasteiger partial charge in [0.15, 0.2) is 0 Å². The van der Waals surface area contributed by atoms with E-state index in [2.05, 4.69) is 9.97 Å². The first-order valence-corrected chi connectivity index (χ1v) is 6.41. The van der Waals surface area contributed by atoms with Crippen molar-refractivity contribution in [1.29, 1.82) is 0 Å². The Bertz CT molecular complexity index is 426. The molecule has 94 valence electrons. The van der Waals surface area contributed by atoms with Gasteiger partial charge in [-0.2, -0.15) is 0 Å². The normalized spacial score (nSPS) is 15.4. The number of hydrogen-bond acceptors (Lipinski definition) is 3. The molecule has 0 spiro atoms. The van der Waals surface area contributed by atoms with Crippen LogP contribution in [0.5, 0.6) is 0 Å². The molecule has 0 aromatic carbocycles. The highest BCUT2D eigenvalue weighted by atomic mass is 16.5. The topological polar surface area (TPSA) is 55.0 Å². The summed E-state index contributed by atoms with van der Waals surface area (Å²) in [5, 5.41) is 0. The lowest BCUT2D eigenvalue weighted by Crippen LogP contribution is -2.20. The molecule has 0 atom stereocenters. The van der Waals surface area contributed by atoms with Crippen molar-refractivity contribution in [3.63, 3.8) is 0 Å². The number of rotatable bonds is 4. The summed E-state index contributed by atoms with van der Waals surface area (Å²) < 4.78 is 5.01. The van der Waals surface area contributed by atoms with Crippen LogP contribution in [0.1, 0.15) is 42.8 Å². The molecule has 0 amide bonds. The summed E-state index contributed by atoms with van der Waals surface area (Å²) in [6.45, 7) is 0.709. The van der Waals surface area contributed by atoms with Gasteiger partial charge in [0.1, 0.15) is 5.82 Å². The Morgan fingerprint density at radius 2 is 2.12 bits per heavy atom. The molecular formula is C13H20N2O2. The number of ether oxygens (including phenoxy) is 1. The molecule has 0 saturated carbocycles. The molecule has 1 aromatic rings. The van der Waals surface area contributed by atoms with Crippen molar-refractivity contribution in [2.45, 2.75) is 44.9 Å². The highest BCUT2D eigenvalue weighted by Crippen LogP contribution is 2.15. The van der Waals surface area contributed by atoms with E-state index < -0.39 is 0 Å². The van der Waals surface area contributed by atoms with E-state index >= 15 is 0 Å². The Balaban J connectivity index is 2.17. The maximum Gasteiger partial charge on any atom is 0.254 e. The third-order valence-corrected chi connectivity index (χ3v) is 3.25. The van der Waals surface area contributed by atoms with Crippen LogP contribution in [0.15, 0.2) is 4.79 Å². The van der Waals surface area contributed by atoms with E-state index in [-0.39, 0.29) is 5.56 Å². The predicted octanol–water partition coefficient (Wildman–Crippen LogP) is 1.62. The van der Waals surface area contributed by atoms with Gasteiger partial charge in [-0.05, 0) is 32.1 Å². The number of aryl methyl sites for hydroxylation is 2. The molecule has 0 aliphatic heterocycles. The number of methoxy groups -OCH3 is 1. The molecule has 1 aliphatic carbocycles. The van der Waals surface area contributed by atoms with Gasteiger partial charge in [0.2, 0.25) is 0 Å². The second-order valence-corrected chi connectivity index (χ2v) is 4.59. The molecular weight excluding hydrogens is 216 g/mol. The minimum atomic E-state index is 0.0734. The minimum Gasteiger partial charge on any atom is -0.385 e. The van der Waals surface area contributed by atoms with Crippen LogP contribution in [0.3, 0.4) is 0 Å². The minimum absolute atomic E-state index is 0.0734. The van der Waals surface area contributed by atoms with Crippen molar-refractivity contribution in [1.82, 2.24) is 9.97 Å². The summed E-state index contributed by atoms with van der Waals surface area (Å²) in [6, 6.07) is 0. The van der Waals surface area contributed by atoms with Crippen molar-refractivity contribution in [3.05, 3.63) is 27.4 Å². The van der Waals surface area contributed by atoms with Gasteiger partial charge in [-0.15, -0.1) is 0 Å². The zero-order chi connectivity index (χ0) is 12.1. The molecule has 1 aromatic heterocycles. The number of fused-ring (bicyclic) bond motifs is 1. The standard InChI is InChI=1S/C13H20N2O2/c1-17-9-5-8-12-14-11-7-4-2-3-6-10(11)13(16)15-12/h2-9H2,1H3,(H,14,15,16). The molecule has 4 nitrogen and oxygen atoms in total. The molecule has 2 rings (SSSR count). The monoisotopic (exact) mass is 236 g/mol. The smallest absolute Gasteiger partial charge is 0.254 e. The molecule has 0 radical (unpaired) electrons. The Labute approximate surface area is 101 Å². The van der Waals surface area contributed by atoms with Gasteiger partial charge in [0, 0.05) is 25.7 Å². The Hall–Kier alpha value is -1.16. The van der Waals surface area contributed by atoms with Gasteiger partial charge in [-0.25, -0.2) is 4.98 Å². The Morgan fingerprint density at radius 1 is 1.29 bits per heavy atom. The maximum absolute atomic E-state index is 11.9. The van der Waals surface area contributed by atoms with Crippen LogP contribution in [0.2, 0.25) is 0 Å². The van der Waals surface area contributed by atoms with Crippen LogP contribution in [-0.4, -0.2) is 23.7 Å². The number of aromatic amines is 1. The first-order chi connectivity index (χ1) is 8.31. The molecule has 0 unspecified atom stereocenters. The predicted molar refractivity (Wildman–Crippen MR) is 66.3 cm³/mol. The molecule has 0 bridgehead atoms. The molecule has 0 fully saturated rings. The number of nitrogens with one attached hydrogen (secondary N) is 1. The highest BCUT2D eigenvalue weighted by Gasteiger charge is 2.13. The van der Waals surface area contributed by atoms with Gasteiger partial charge >= 0.3 is 0 Å². The third kappa shape index (κ3) is 3.16. The summed E-state index contributed by atoms with van der Waals surface area (Å²) in [7, 11) is 1.69. The van der Waals surface area contributed by atoms with Crippen LogP contribution in [-0.2, 0) is 24.0 Å². The lowest BCUT2D eigenvalue weighted by Gasteiger charge is -2.07. The number of aromatic nitrogens is 2. The van der Waals surface area contributed by atoms with E-state index in [4.69, 9.17) is 4.74 Å². The van der Waals surface area contributed by atoms with Crippen LogP contribution in [0.4, 0.5) is 0 Å². The number of nitrogens with zero attached hydrogens (tertiary/aromatic N) is 1. The fraction of sp³-hybridized carbons (Fsp3) is 0.692. The first-order valence-electron chi connectivity index (χ1n) is 6.41. The van der Waals surface area contributed by atoms with Crippen molar-refractivity contribution in [2.75, 3.05) is 13.7 Å². The highest BCUT2D eigenvalue weighted by molar-refractivity contribution is 5.19. The fourth-order valence-electron chi connectivity index (χ4n) is 2.33. The van der Waals surface area contributed by atoms with Crippen LogP contribution < -0.4 is 5.56 Å². The summed E-state index contributed by atoms with van der Waals surface area (Å²) in [4.78, 5) is 19.4. The summed E-state index contributed by atoms with van der Waals surface area (Å²) in [5.74, 6) is 0.813. The molecule has 17 heavy (non-hydrogen) atoms. The fourth-order valence-corrected chi connectivity index (χ4v) is 2.33.